The Morgan fingerprint density at radius 3 is 2.80 bits per heavy atom. The van der Waals surface area contributed by atoms with Crippen molar-refractivity contribution in [1.29, 1.82) is 0 Å². The van der Waals surface area contributed by atoms with E-state index in [1.165, 1.54) is 0 Å². The summed E-state index contributed by atoms with van der Waals surface area (Å²) in [5, 5.41) is 15.8. The van der Waals surface area contributed by atoms with Gasteiger partial charge in [0.1, 0.15) is 5.56 Å². The summed E-state index contributed by atoms with van der Waals surface area (Å²) in [6, 6.07) is 1.05. The van der Waals surface area contributed by atoms with Crippen LogP contribution in [0.3, 0.4) is 0 Å². The Morgan fingerprint density at radius 1 is 1.55 bits per heavy atom. The fourth-order valence-corrected chi connectivity index (χ4v) is 1.88. The number of nitrogens with zero attached hydrogens (tertiary/aromatic N) is 1. The molecule has 0 bridgehead atoms. The van der Waals surface area contributed by atoms with Gasteiger partial charge in [0.2, 0.25) is 5.91 Å². The van der Waals surface area contributed by atoms with Gasteiger partial charge in [-0.3, -0.25) is 19.7 Å². The molecule has 20 heavy (non-hydrogen) atoms. The highest BCUT2D eigenvalue weighted by Crippen LogP contribution is 2.24. The molecule has 4 N–H and O–H groups in total. The van der Waals surface area contributed by atoms with Crippen molar-refractivity contribution < 1.29 is 18.9 Å². The van der Waals surface area contributed by atoms with Gasteiger partial charge in [-0.1, -0.05) is 0 Å². The van der Waals surface area contributed by atoms with E-state index in [9.17, 15) is 24.1 Å². The number of hydrogen-bond donors (Lipinski definition) is 3. The zero-order valence-electron chi connectivity index (χ0n) is 10.2. The normalized spacial score (nSPS) is 17.6. The number of amides is 2. The van der Waals surface area contributed by atoms with Gasteiger partial charge in [-0.05, 0) is 6.07 Å². The fraction of sp³-hybridized carbons (Fsp3) is 0.273. The maximum absolute atomic E-state index is 13.2. The van der Waals surface area contributed by atoms with Crippen molar-refractivity contribution in [2.75, 3.05) is 12.3 Å². The van der Waals surface area contributed by atoms with E-state index in [4.69, 9.17) is 5.73 Å². The van der Waals surface area contributed by atoms with Gasteiger partial charge < -0.3 is 16.4 Å². The molecule has 1 aromatic carbocycles. The first kappa shape index (κ1) is 13.7. The van der Waals surface area contributed by atoms with E-state index in [2.05, 4.69) is 10.6 Å². The first-order chi connectivity index (χ1) is 9.38. The van der Waals surface area contributed by atoms with Crippen molar-refractivity contribution in [2.45, 2.75) is 12.5 Å². The number of halogens is 1. The fourth-order valence-electron chi connectivity index (χ4n) is 1.88. The maximum Gasteiger partial charge on any atom is 0.285 e. The van der Waals surface area contributed by atoms with Gasteiger partial charge in [0.15, 0.2) is 5.82 Å². The lowest BCUT2D eigenvalue weighted by Gasteiger charge is -2.11. The number of rotatable bonds is 3. The van der Waals surface area contributed by atoms with Gasteiger partial charge in [0, 0.05) is 13.0 Å². The monoisotopic (exact) mass is 282 g/mol. The number of nitrogen functional groups attached to an aromatic ring is 1. The summed E-state index contributed by atoms with van der Waals surface area (Å²) in [4.78, 5) is 32.9. The molecule has 2 amide bonds. The summed E-state index contributed by atoms with van der Waals surface area (Å²) < 4.78 is 13.2. The van der Waals surface area contributed by atoms with Crippen LogP contribution in [-0.2, 0) is 4.79 Å². The van der Waals surface area contributed by atoms with E-state index in [0.717, 1.165) is 6.07 Å². The van der Waals surface area contributed by atoms with Crippen molar-refractivity contribution in [3.8, 4) is 0 Å². The van der Waals surface area contributed by atoms with E-state index in [1.54, 1.807) is 0 Å². The molecule has 0 radical (unpaired) electrons. The van der Waals surface area contributed by atoms with Crippen LogP contribution >= 0.6 is 0 Å². The molecule has 0 spiro atoms. The van der Waals surface area contributed by atoms with Crippen LogP contribution in [-0.4, -0.2) is 29.3 Å². The van der Waals surface area contributed by atoms with Crippen LogP contribution in [0.1, 0.15) is 16.8 Å². The Bertz CT molecular complexity index is 604. The molecule has 106 valence electrons. The van der Waals surface area contributed by atoms with E-state index in [0.29, 0.717) is 6.07 Å². The minimum absolute atomic E-state index is 0.0935. The van der Waals surface area contributed by atoms with Gasteiger partial charge in [-0.2, -0.15) is 0 Å². The molecule has 1 aromatic rings. The Labute approximate surface area is 112 Å². The quantitative estimate of drug-likeness (QED) is 0.406. The van der Waals surface area contributed by atoms with E-state index < -0.39 is 28.4 Å². The molecule has 0 aliphatic carbocycles. The average molecular weight is 282 g/mol. The second kappa shape index (κ2) is 5.11. The second-order valence-corrected chi connectivity index (χ2v) is 4.33. The molecule has 0 saturated carbocycles. The van der Waals surface area contributed by atoms with E-state index >= 15 is 0 Å². The number of nitrogens with two attached hydrogens (primary N) is 1. The van der Waals surface area contributed by atoms with Gasteiger partial charge in [0.25, 0.3) is 11.6 Å². The Hall–Kier alpha value is -2.71. The number of carbonyl (C=O) groups is 2. The molecule has 1 saturated heterocycles. The SMILES string of the molecule is Nc1cc(C(=O)NC2CNC(=O)C2)c([N+](=O)[O-])cc1F. The van der Waals surface area contributed by atoms with Crippen LogP contribution in [0.2, 0.25) is 0 Å². The van der Waals surface area contributed by atoms with Crippen molar-refractivity contribution in [2.24, 2.45) is 0 Å². The molecule has 1 aliphatic heterocycles. The van der Waals surface area contributed by atoms with Crippen molar-refractivity contribution in [1.82, 2.24) is 10.6 Å². The molecule has 1 heterocycles. The highest BCUT2D eigenvalue weighted by molar-refractivity contribution is 5.99. The van der Waals surface area contributed by atoms with E-state index in [1.807, 2.05) is 0 Å². The third kappa shape index (κ3) is 2.66. The molecule has 1 atom stereocenters. The lowest BCUT2D eigenvalue weighted by atomic mass is 10.1. The highest BCUT2D eigenvalue weighted by Gasteiger charge is 2.27. The predicted molar refractivity (Wildman–Crippen MR) is 66.3 cm³/mol. The summed E-state index contributed by atoms with van der Waals surface area (Å²) in [6.45, 7) is 0.245. The molecular weight excluding hydrogens is 271 g/mol. The molecule has 1 unspecified atom stereocenters. The molecule has 1 aliphatic rings. The number of nitro benzene ring substituents is 1. The molecule has 0 aromatic heterocycles. The zero-order valence-corrected chi connectivity index (χ0v) is 10.2. The van der Waals surface area contributed by atoms with Crippen molar-refractivity contribution in [3.05, 3.63) is 33.6 Å². The number of carbonyl (C=O) groups excluding carboxylic acids is 2. The van der Waals surface area contributed by atoms with Crippen LogP contribution < -0.4 is 16.4 Å². The topological polar surface area (TPSA) is 127 Å². The van der Waals surface area contributed by atoms with Crippen LogP contribution in [0.25, 0.3) is 0 Å². The van der Waals surface area contributed by atoms with Crippen molar-refractivity contribution in [3.63, 3.8) is 0 Å². The first-order valence-corrected chi connectivity index (χ1v) is 5.69. The minimum Gasteiger partial charge on any atom is -0.396 e. The predicted octanol–water partition coefficient (Wildman–Crippen LogP) is -0.0656. The van der Waals surface area contributed by atoms with Crippen LogP contribution in [0, 0.1) is 15.9 Å². The smallest absolute Gasteiger partial charge is 0.285 e. The molecule has 2 rings (SSSR count). The number of nitro groups is 1. The third-order valence-corrected chi connectivity index (χ3v) is 2.87. The summed E-state index contributed by atoms with van der Waals surface area (Å²) >= 11 is 0. The Kier molecular flexibility index (Phi) is 3.51. The van der Waals surface area contributed by atoms with Crippen molar-refractivity contribution >= 4 is 23.2 Å². The minimum atomic E-state index is -0.967. The standard InChI is InChI=1S/C11H11FN4O4/c12-7-3-9(16(19)20)6(2-8(7)13)11(18)15-5-1-10(17)14-4-5/h2-3,5H,1,4,13H2,(H,14,17)(H,15,18). The number of hydrogen-bond acceptors (Lipinski definition) is 5. The average Bonchev–Trinajstić information content (AvgIpc) is 2.77. The third-order valence-electron chi connectivity index (χ3n) is 2.87. The van der Waals surface area contributed by atoms with Gasteiger partial charge in [-0.25, -0.2) is 4.39 Å². The van der Waals surface area contributed by atoms with Gasteiger partial charge in [-0.15, -0.1) is 0 Å². The number of nitrogens with one attached hydrogen (secondary N) is 2. The van der Waals surface area contributed by atoms with E-state index in [-0.39, 0.29) is 30.1 Å². The van der Waals surface area contributed by atoms with Gasteiger partial charge >= 0.3 is 0 Å². The lowest BCUT2D eigenvalue weighted by molar-refractivity contribution is -0.385. The Morgan fingerprint density at radius 2 is 2.25 bits per heavy atom. The largest absolute Gasteiger partial charge is 0.396 e. The molecule has 9 heteroatoms. The van der Waals surface area contributed by atoms with Crippen LogP contribution in [0.4, 0.5) is 15.8 Å². The van der Waals surface area contributed by atoms with Crippen LogP contribution in [0.15, 0.2) is 12.1 Å². The summed E-state index contributed by atoms with van der Waals surface area (Å²) in [7, 11) is 0. The second-order valence-electron chi connectivity index (χ2n) is 4.33. The first-order valence-electron chi connectivity index (χ1n) is 5.69. The van der Waals surface area contributed by atoms with Crippen LogP contribution in [0.5, 0.6) is 0 Å². The van der Waals surface area contributed by atoms with Gasteiger partial charge in [0.05, 0.1) is 22.7 Å². The summed E-state index contributed by atoms with van der Waals surface area (Å²) in [6.07, 6.45) is 0.0935. The molecule has 8 nitrogen and oxygen atoms in total. The number of benzene rings is 1. The highest BCUT2D eigenvalue weighted by atomic mass is 19.1. The summed E-state index contributed by atoms with van der Waals surface area (Å²) in [5.41, 5.74) is 3.94. The molecule has 1 fully saturated rings. The molecular formula is C11H11FN4O4. The zero-order chi connectivity index (χ0) is 14.9. The Balaban J connectivity index is 2.26. The number of anilines is 1. The maximum atomic E-state index is 13.2. The lowest BCUT2D eigenvalue weighted by Crippen LogP contribution is -2.36. The summed E-state index contributed by atoms with van der Waals surface area (Å²) in [5.74, 6) is -1.96.